The van der Waals surface area contributed by atoms with Crippen molar-refractivity contribution < 1.29 is 23.3 Å². The summed E-state index contributed by atoms with van der Waals surface area (Å²) in [6.45, 7) is 0. The number of urea groups is 1. The molecule has 1 fully saturated rings. The van der Waals surface area contributed by atoms with Gasteiger partial charge in [-0.25, -0.2) is 18.7 Å². The second-order valence-corrected chi connectivity index (χ2v) is 6.63. The molecule has 2 heterocycles. The van der Waals surface area contributed by atoms with Crippen molar-refractivity contribution in [3.63, 3.8) is 0 Å². The molecule has 0 aromatic heterocycles. The Hall–Kier alpha value is -2.55. The summed E-state index contributed by atoms with van der Waals surface area (Å²) >= 11 is 1.17. The van der Waals surface area contributed by atoms with Gasteiger partial charge in [0.25, 0.3) is 23.0 Å². The molecule has 0 spiro atoms. The molecule has 0 bridgehead atoms. The Labute approximate surface area is 147 Å². The van der Waals surface area contributed by atoms with Crippen molar-refractivity contribution in [2.75, 3.05) is 26.9 Å². The van der Waals surface area contributed by atoms with Gasteiger partial charge in [0.15, 0.2) is 5.78 Å². The summed E-state index contributed by atoms with van der Waals surface area (Å²) in [5, 5.41) is 0.485. The molecule has 1 aromatic rings. The molecule has 1 unspecified atom stereocenters. The Morgan fingerprint density at radius 2 is 1.88 bits per heavy atom. The minimum Gasteiger partial charge on any atom is -0.293 e. The fourth-order valence-electron chi connectivity index (χ4n) is 2.69. The van der Waals surface area contributed by atoms with Gasteiger partial charge < -0.3 is 0 Å². The zero-order chi connectivity index (χ0) is 18.3. The number of amidine groups is 2. The van der Waals surface area contributed by atoms with Crippen LogP contribution < -0.4 is 0 Å². The Bertz CT molecular complexity index is 834. The Kier molecular flexibility index (Phi) is 4.42. The molecule has 130 valence electrons. The van der Waals surface area contributed by atoms with Gasteiger partial charge in [-0.3, -0.25) is 14.5 Å². The van der Waals surface area contributed by atoms with Crippen molar-refractivity contribution in [1.82, 2.24) is 9.80 Å². The molecule has 2 aliphatic heterocycles. The topological polar surface area (TPSA) is 73.1 Å². The maximum absolute atomic E-state index is 12.9. The number of Topliss-reactive ketones (excluding diaryl/α,β-unsaturated/α-hetero) is 1. The van der Waals surface area contributed by atoms with E-state index in [-0.39, 0.29) is 11.5 Å². The lowest BCUT2D eigenvalue weighted by molar-refractivity contribution is -0.367. The predicted molar refractivity (Wildman–Crippen MR) is 91.5 cm³/mol. The van der Waals surface area contributed by atoms with Gasteiger partial charge in [0.05, 0.1) is 19.8 Å². The number of likely N-dealkylation sites (N-methyl/N-ethyl adjacent to an activating group) is 2. The molecule has 0 saturated carbocycles. The molecular weight excluding hydrogens is 347 g/mol. The third-order valence-corrected chi connectivity index (χ3v) is 5.14. The number of thioether (sulfide) groups is 1. The highest BCUT2D eigenvalue weighted by atomic mass is 32.2. The van der Waals surface area contributed by atoms with Crippen LogP contribution in [0.1, 0.15) is 10.4 Å². The van der Waals surface area contributed by atoms with Crippen LogP contribution in [-0.4, -0.2) is 76.0 Å². The molecule has 0 radical (unpaired) electrons. The quantitative estimate of drug-likeness (QED) is 0.594. The second-order valence-electron chi connectivity index (χ2n) is 5.69. The minimum absolute atomic E-state index is 0.0937. The molecule has 3 amide bonds. The number of nitrogens with zero attached hydrogens (tertiary/aromatic N) is 4. The van der Waals surface area contributed by atoms with Crippen LogP contribution in [0.5, 0.6) is 0 Å². The molecule has 1 aromatic carbocycles. The number of carbonyl (C=O) groups excluding carboxylic acids is 3. The van der Waals surface area contributed by atoms with E-state index < -0.39 is 23.8 Å². The van der Waals surface area contributed by atoms with Crippen LogP contribution in [-0.2, 0) is 4.79 Å². The normalized spacial score (nSPS) is 20.2. The summed E-state index contributed by atoms with van der Waals surface area (Å²) in [5.74, 6) is -0.403. The standard InChI is InChI=1S/C16H16FN4O3S/c1-19-13-12(14(23)21(3)16(24)20(13)2)18-15(19)25-8-11(22)9-4-6-10(17)7-5-9/h4-7,12H,8H2,1-3H3/q+1. The zero-order valence-corrected chi connectivity index (χ0v) is 14.7. The van der Waals surface area contributed by atoms with Gasteiger partial charge in [0, 0.05) is 12.6 Å². The Morgan fingerprint density at radius 1 is 1.24 bits per heavy atom. The third-order valence-electron chi connectivity index (χ3n) is 4.10. The molecule has 1 atom stereocenters. The summed E-state index contributed by atoms with van der Waals surface area (Å²) in [6, 6.07) is 4.12. The summed E-state index contributed by atoms with van der Waals surface area (Å²) in [5.41, 5.74) is 0.406. The van der Waals surface area contributed by atoms with Crippen molar-refractivity contribution >= 4 is 40.5 Å². The highest BCUT2D eigenvalue weighted by molar-refractivity contribution is 8.14. The summed E-state index contributed by atoms with van der Waals surface area (Å²) in [7, 11) is 4.69. The van der Waals surface area contributed by atoms with Gasteiger partial charge in [0.1, 0.15) is 5.82 Å². The van der Waals surface area contributed by atoms with E-state index in [9.17, 15) is 18.8 Å². The molecule has 3 rings (SSSR count). The number of hydrogen-bond donors (Lipinski definition) is 0. The van der Waals surface area contributed by atoms with Crippen LogP contribution in [0.3, 0.4) is 0 Å². The largest absolute Gasteiger partial charge is 0.388 e. The number of benzene rings is 1. The Balaban J connectivity index is 1.77. The minimum atomic E-state index is -0.777. The molecule has 1 saturated heterocycles. The van der Waals surface area contributed by atoms with Crippen molar-refractivity contribution in [2.24, 2.45) is 4.99 Å². The van der Waals surface area contributed by atoms with Crippen molar-refractivity contribution in [2.45, 2.75) is 6.04 Å². The Morgan fingerprint density at radius 3 is 2.52 bits per heavy atom. The van der Waals surface area contributed by atoms with E-state index in [2.05, 4.69) is 4.99 Å². The maximum atomic E-state index is 12.9. The van der Waals surface area contributed by atoms with Crippen LogP contribution in [0.4, 0.5) is 9.18 Å². The number of amides is 3. The van der Waals surface area contributed by atoms with E-state index in [4.69, 9.17) is 0 Å². The third kappa shape index (κ3) is 2.95. The van der Waals surface area contributed by atoms with E-state index >= 15 is 0 Å². The lowest BCUT2D eigenvalue weighted by atomic mass is 10.1. The number of imide groups is 1. The van der Waals surface area contributed by atoms with Crippen LogP contribution >= 0.6 is 11.8 Å². The first-order valence-corrected chi connectivity index (χ1v) is 8.45. The number of rotatable bonds is 3. The van der Waals surface area contributed by atoms with Crippen LogP contribution in [0.2, 0.25) is 0 Å². The monoisotopic (exact) mass is 363 g/mol. The van der Waals surface area contributed by atoms with Crippen molar-refractivity contribution in [1.29, 1.82) is 0 Å². The fraction of sp³-hybridized carbons (Fsp3) is 0.312. The molecule has 7 nitrogen and oxygen atoms in total. The molecule has 2 aliphatic rings. The van der Waals surface area contributed by atoms with E-state index in [0.717, 1.165) is 4.90 Å². The van der Waals surface area contributed by atoms with Crippen LogP contribution in [0.25, 0.3) is 0 Å². The van der Waals surface area contributed by atoms with Crippen LogP contribution in [0.15, 0.2) is 29.3 Å². The van der Waals surface area contributed by atoms with Crippen molar-refractivity contribution in [3.8, 4) is 0 Å². The second kappa shape index (κ2) is 6.40. The average Bonchev–Trinajstić information content (AvgIpc) is 2.93. The number of ketones is 1. The van der Waals surface area contributed by atoms with Gasteiger partial charge >= 0.3 is 6.03 Å². The van der Waals surface area contributed by atoms with E-state index in [0.29, 0.717) is 16.6 Å². The number of carbonyl (C=O) groups is 3. The number of fused-ring (bicyclic) bond motifs is 1. The smallest absolute Gasteiger partial charge is 0.293 e. The first-order valence-electron chi connectivity index (χ1n) is 7.46. The summed E-state index contributed by atoms with van der Waals surface area (Å²) < 4.78 is 14.6. The molecular formula is C16H16FN4O3S+. The van der Waals surface area contributed by atoms with Crippen LogP contribution in [0, 0.1) is 5.82 Å². The van der Waals surface area contributed by atoms with E-state index in [1.54, 1.807) is 18.7 Å². The zero-order valence-electron chi connectivity index (χ0n) is 13.9. The fourth-order valence-corrected chi connectivity index (χ4v) is 3.59. The maximum Gasteiger partial charge on any atom is 0.388 e. The SMILES string of the molecule is CN1C(=O)C2N=C(SCC(=O)c3ccc(F)cc3)[N+](C)=C2N(C)C1=O. The lowest BCUT2D eigenvalue weighted by Crippen LogP contribution is -2.59. The number of halogens is 1. The van der Waals surface area contributed by atoms with E-state index in [1.807, 2.05) is 0 Å². The van der Waals surface area contributed by atoms with Gasteiger partial charge in [-0.1, -0.05) is 0 Å². The van der Waals surface area contributed by atoms with Gasteiger partial charge in [-0.2, -0.15) is 0 Å². The van der Waals surface area contributed by atoms with E-state index in [1.165, 1.54) is 48.0 Å². The average molecular weight is 363 g/mol. The number of aliphatic imine (C=N–C) groups is 1. The summed E-state index contributed by atoms with van der Waals surface area (Å²) in [4.78, 5) is 43.3. The van der Waals surface area contributed by atoms with Gasteiger partial charge in [-0.05, 0) is 36.0 Å². The molecule has 0 aliphatic carbocycles. The molecule has 0 N–H and O–H groups in total. The van der Waals surface area contributed by atoms with Crippen molar-refractivity contribution in [3.05, 3.63) is 35.6 Å². The molecule has 25 heavy (non-hydrogen) atoms. The number of hydrogen-bond acceptors (Lipinski definition) is 5. The highest BCUT2D eigenvalue weighted by Crippen LogP contribution is 2.22. The highest BCUT2D eigenvalue weighted by Gasteiger charge is 2.51. The predicted octanol–water partition coefficient (Wildman–Crippen LogP) is 1.04. The van der Waals surface area contributed by atoms with Gasteiger partial charge in [-0.15, -0.1) is 4.99 Å². The molecule has 9 heteroatoms. The summed E-state index contributed by atoms with van der Waals surface area (Å²) in [6.07, 6.45) is 0. The first-order chi connectivity index (χ1) is 11.8. The lowest BCUT2D eigenvalue weighted by Gasteiger charge is -2.27. The first kappa shape index (κ1) is 17.3. The van der Waals surface area contributed by atoms with Gasteiger partial charge in [0.2, 0.25) is 0 Å².